The molecular weight excluding hydrogens is 264 g/mol. The van der Waals surface area contributed by atoms with Gasteiger partial charge in [0.15, 0.2) is 0 Å². The number of hydrogen-bond donors (Lipinski definition) is 0. The van der Waals surface area contributed by atoms with Gasteiger partial charge in [-0.25, -0.2) is 0 Å². The van der Waals surface area contributed by atoms with Gasteiger partial charge in [-0.05, 0) is 18.2 Å². The van der Waals surface area contributed by atoms with Crippen molar-refractivity contribution in [1.82, 2.24) is 0 Å². The molecule has 15 heavy (non-hydrogen) atoms. The first-order valence-electron chi connectivity index (χ1n) is 4.89. The number of rotatable bonds is 7. The summed E-state index contributed by atoms with van der Waals surface area (Å²) in [4.78, 5) is 10.9. The van der Waals surface area contributed by atoms with Gasteiger partial charge in [0.1, 0.15) is 0 Å². The summed E-state index contributed by atoms with van der Waals surface area (Å²) in [6.07, 6.45) is 2.52. The van der Waals surface area contributed by atoms with Gasteiger partial charge in [-0.3, -0.25) is 4.79 Å². The molecule has 0 bridgehead atoms. The summed E-state index contributed by atoms with van der Waals surface area (Å²) in [5, 5.41) is 2.24. The standard InChI is InChI=1S/C10H16OS4/c1-2-10(11)14-5-3-4-12-6-9-7-13-8-15-9/h2,9H,1,3-8H2. The highest BCUT2D eigenvalue weighted by atomic mass is 32.2. The van der Waals surface area contributed by atoms with Crippen LogP contribution in [-0.4, -0.2) is 38.5 Å². The summed E-state index contributed by atoms with van der Waals surface area (Å²) in [5.41, 5.74) is 0. The van der Waals surface area contributed by atoms with Gasteiger partial charge in [-0.1, -0.05) is 18.3 Å². The topological polar surface area (TPSA) is 17.1 Å². The zero-order valence-corrected chi connectivity index (χ0v) is 11.9. The van der Waals surface area contributed by atoms with Crippen molar-refractivity contribution >= 4 is 52.2 Å². The molecule has 0 amide bonds. The highest BCUT2D eigenvalue weighted by molar-refractivity contribution is 8.19. The van der Waals surface area contributed by atoms with Gasteiger partial charge in [-0.2, -0.15) is 11.8 Å². The van der Waals surface area contributed by atoms with Crippen LogP contribution in [0, 0.1) is 0 Å². The Bertz CT molecular complexity index is 202. The minimum absolute atomic E-state index is 0.0998. The molecular formula is C10H16OS4. The van der Waals surface area contributed by atoms with E-state index >= 15 is 0 Å². The molecule has 0 aliphatic carbocycles. The molecule has 1 atom stereocenters. The van der Waals surface area contributed by atoms with E-state index in [-0.39, 0.29) is 5.12 Å². The number of thioether (sulfide) groups is 4. The minimum atomic E-state index is 0.0998. The molecule has 1 unspecified atom stereocenters. The lowest BCUT2D eigenvalue weighted by molar-refractivity contribution is -0.107. The average Bonchev–Trinajstić information content (AvgIpc) is 2.75. The van der Waals surface area contributed by atoms with E-state index in [1.165, 1.54) is 40.2 Å². The first kappa shape index (κ1) is 13.9. The van der Waals surface area contributed by atoms with Gasteiger partial charge >= 0.3 is 0 Å². The SMILES string of the molecule is C=CC(=O)SCCCSCC1CSCS1. The molecule has 1 heterocycles. The molecule has 1 aliphatic rings. The highest BCUT2D eigenvalue weighted by Gasteiger charge is 2.15. The fourth-order valence-electron chi connectivity index (χ4n) is 1.08. The molecule has 1 nitrogen and oxygen atoms in total. The predicted molar refractivity (Wildman–Crippen MR) is 78.3 cm³/mol. The molecule has 0 radical (unpaired) electrons. The van der Waals surface area contributed by atoms with Crippen molar-refractivity contribution in [1.29, 1.82) is 0 Å². The maximum absolute atomic E-state index is 10.9. The lowest BCUT2D eigenvalue weighted by atomic mass is 10.5. The van der Waals surface area contributed by atoms with Crippen LogP contribution < -0.4 is 0 Å². The van der Waals surface area contributed by atoms with E-state index in [0.717, 1.165) is 17.4 Å². The largest absolute Gasteiger partial charge is 0.282 e. The molecule has 0 spiro atoms. The van der Waals surface area contributed by atoms with Crippen molar-refractivity contribution in [2.75, 3.05) is 28.1 Å². The Kier molecular flexibility index (Phi) is 8.24. The van der Waals surface area contributed by atoms with Crippen LogP contribution >= 0.6 is 47.0 Å². The van der Waals surface area contributed by atoms with Crippen LogP contribution in [0.25, 0.3) is 0 Å². The number of carbonyl (C=O) groups excluding carboxylic acids is 1. The fraction of sp³-hybridized carbons (Fsp3) is 0.700. The van der Waals surface area contributed by atoms with E-state index in [4.69, 9.17) is 0 Å². The van der Waals surface area contributed by atoms with Gasteiger partial charge in [-0.15, -0.1) is 23.5 Å². The summed E-state index contributed by atoms with van der Waals surface area (Å²) in [7, 11) is 0. The quantitative estimate of drug-likeness (QED) is 0.524. The summed E-state index contributed by atoms with van der Waals surface area (Å²) < 4.78 is 0. The van der Waals surface area contributed by atoms with Crippen LogP contribution in [0.5, 0.6) is 0 Å². The van der Waals surface area contributed by atoms with E-state index < -0.39 is 0 Å². The second-order valence-electron chi connectivity index (χ2n) is 3.08. The van der Waals surface area contributed by atoms with Crippen LogP contribution in [0.3, 0.4) is 0 Å². The first-order chi connectivity index (χ1) is 7.33. The van der Waals surface area contributed by atoms with E-state index in [1.54, 1.807) is 0 Å². The highest BCUT2D eigenvalue weighted by Crippen LogP contribution is 2.31. The Morgan fingerprint density at radius 1 is 1.53 bits per heavy atom. The third-order valence-electron chi connectivity index (χ3n) is 1.84. The fourth-order valence-corrected chi connectivity index (χ4v) is 6.18. The predicted octanol–water partition coefficient (Wildman–Crippen LogP) is 3.36. The van der Waals surface area contributed by atoms with Gasteiger partial charge in [0.05, 0.1) is 0 Å². The van der Waals surface area contributed by atoms with Crippen molar-refractivity contribution in [3.63, 3.8) is 0 Å². The van der Waals surface area contributed by atoms with Crippen molar-refractivity contribution in [3.8, 4) is 0 Å². The van der Waals surface area contributed by atoms with Gasteiger partial charge < -0.3 is 0 Å². The Morgan fingerprint density at radius 3 is 3.07 bits per heavy atom. The molecule has 86 valence electrons. The van der Waals surface area contributed by atoms with E-state index in [1.807, 2.05) is 23.5 Å². The summed E-state index contributed by atoms with van der Waals surface area (Å²) in [5.74, 6) is 4.71. The number of hydrogen-bond acceptors (Lipinski definition) is 5. The summed E-state index contributed by atoms with van der Waals surface area (Å²) in [6.45, 7) is 3.45. The molecule has 1 saturated heterocycles. The maximum Gasteiger partial charge on any atom is 0.211 e. The molecule has 0 aromatic rings. The van der Waals surface area contributed by atoms with Crippen molar-refractivity contribution < 1.29 is 4.79 Å². The van der Waals surface area contributed by atoms with Gasteiger partial charge in [0, 0.05) is 27.6 Å². The molecule has 1 rings (SSSR count). The monoisotopic (exact) mass is 280 g/mol. The molecule has 1 aliphatic heterocycles. The third-order valence-corrected chi connectivity index (χ3v) is 7.07. The molecule has 1 fully saturated rings. The smallest absolute Gasteiger partial charge is 0.211 e. The van der Waals surface area contributed by atoms with E-state index in [9.17, 15) is 4.79 Å². The first-order valence-corrected chi connectivity index (χ1v) is 9.23. The van der Waals surface area contributed by atoms with E-state index in [2.05, 4.69) is 18.3 Å². The minimum Gasteiger partial charge on any atom is -0.282 e. The van der Waals surface area contributed by atoms with Crippen LogP contribution in [0.1, 0.15) is 6.42 Å². The summed E-state index contributed by atoms with van der Waals surface area (Å²) >= 11 is 7.54. The molecule has 0 aromatic carbocycles. The van der Waals surface area contributed by atoms with Crippen molar-refractivity contribution in [2.24, 2.45) is 0 Å². The van der Waals surface area contributed by atoms with Gasteiger partial charge in [0.25, 0.3) is 0 Å². The van der Waals surface area contributed by atoms with E-state index in [0.29, 0.717) is 0 Å². The van der Waals surface area contributed by atoms with Crippen LogP contribution in [0.2, 0.25) is 0 Å². The Hall–Kier alpha value is 0.810. The maximum atomic E-state index is 10.9. The lowest BCUT2D eigenvalue weighted by Crippen LogP contribution is -2.05. The van der Waals surface area contributed by atoms with Gasteiger partial charge in [0.2, 0.25) is 5.12 Å². The van der Waals surface area contributed by atoms with Crippen LogP contribution in [0.4, 0.5) is 0 Å². The van der Waals surface area contributed by atoms with Crippen LogP contribution in [-0.2, 0) is 4.79 Å². The molecule has 0 saturated carbocycles. The zero-order chi connectivity index (χ0) is 10.9. The Labute approximate surface area is 109 Å². The molecule has 0 N–H and O–H groups in total. The molecule has 5 heteroatoms. The second-order valence-corrected chi connectivity index (χ2v) is 8.01. The Balaban J connectivity index is 1.84. The molecule has 0 aromatic heterocycles. The third kappa shape index (κ3) is 6.87. The van der Waals surface area contributed by atoms with Crippen molar-refractivity contribution in [3.05, 3.63) is 12.7 Å². The Morgan fingerprint density at radius 2 is 2.40 bits per heavy atom. The van der Waals surface area contributed by atoms with Crippen LogP contribution in [0.15, 0.2) is 12.7 Å². The lowest BCUT2D eigenvalue weighted by Gasteiger charge is -2.06. The second kappa shape index (κ2) is 8.90. The number of carbonyl (C=O) groups is 1. The average molecular weight is 281 g/mol. The van der Waals surface area contributed by atoms with Crippen molar-refractivity contribution in [2.45, 2.75) is 11.7 Å². The normalized spacial score (nSPS) is 20.4. The summed E-state index contributed by atoms with van der Waals surface area (Å²) in [6, 6.07) is 0. The zero-order valence-electron chi connectivity index (χ0n) is 8.65.